The molecule has 0 N–H and O–H groups in total. The standard InChI is InChI=1S/C29H40N4O3S/c1-28(2,3)21-15-20(16-22(25(21)36-8)29(4,5)6)26-30-23(18-37-26)19-9-11-32(12-10-19)24(34)17-33-14-13-31(7)27(33)35/h13-16,18-19H,9-12,17H2,1-8H3. The summed E-state index contributed by atoms with van der Waals surface area (Å²) >= 11 is 1.69. The molecular weight excluding hydrogens is 484 g/mol. The number of thiazole rings is 1. The Morgan fingerprint density at radius 3 is 2.14 bits per heavy atom. The molecule has 0 spiro atoms. The SMILES string of the molecule is COc1c(C(C)(C)C)cc(-c2nc(C3CCN(C(=O)Cn4ccn(C)c4=O)CC3)cs2)cc1C(C)(C)C. The normalized spacial score (nSPS) is 15.3. The van der Waals surface area contributed by atoms with E-state index in [9.17, 15) is 9.59 Å². The highest BCUT2D eigenvalue weighted by Gasteiger charge is 2.29. The molecule has 0 radical (unpaired) electrons. The van der Waals surface area contributed by atoms with E-state index in [0.29, 0.717) is 19.0 Å². The molecule has 200 valence electrons. The van der Waals surface area contributed by atoms with Crippen molar-refractivity contribution in [1.82, 2.24) is 19.0 Å². The van der Waals surface area contributed by atoms with Crippen molar-refractivity contribution in [1.29, 1.82) is 0 Å². The van der Waals surface area contributed by atoms with Gasteiger partial charge in [0.05, 0.1) is 12.8 Å². The van der Waals surface area contributed by atoms with E-state index in [1.54, 1.807) is 37.9 Å². The lowest BCUT2D eigenvalue weighted by atomic mass is 9.78. The van der Waals surface area contributed by atoms with Crippen LogP contribution in [-0.2, 0) is 29.2 Å². The molecule has 1 amide bonds. The molecule has 2 aromatic heterocycles. The summed E-state index contributed by atoms with van der Waals surface area (Å²) in [5, 5.41) is 3.20. The van der Waals surface area contributed by atoms with Crippen LogP contribution in [-0.4, -0.2) is 45.1 Å². The summed E-state index contributed by atoms with van der Waals surface area (Å²) < 4.78 is 8.88. The maximum atomic E-state index is 12.8. The van der Waals surface area contributed by atoms with Crippen molar-refractivity contribution < 1.29 is 9.53 Å². The van der Waals surface area contributed by atoms with Gasteiger partial charge in [0.15, 0.2) is 0 Å². The summed E-state index contributed by atoms with van der Waals surface area (Å²) in [6.07, 6.45) is 5.10. The molecule has 1 aliphatic heterocycles. The maximum Gasteiger partial charge on any atom is 0.328 e. The van der Waals surface area contributed by atoms with Gasteiger partial charge in [-0.1, -0.05) is 41.5 Å². The number of carbonyl (C=O) groups excluding carboxylic acids is 1. The molecule has 0 aliphatic carbocycles. The van der Waals surface area contributed by atoms with Crippen LogP contribution in [0.25, 0.3) is 10.6 Å². The Morgan fingerprint density at radius 1 is 1.05 bits per heavy atom. The molecule has 37 heavy (non-hydrogen) atoms. The number of rotatable bonds is 5. The number of likely N-dealkylation sites (tertiary alicyclic amines) is 1. The third kappa shape index (κ3) is 5.69. The number of piperidine rings is 1. The molecule has 8 heteroatoms. The van der Waals surface area contributed by atoms with Crippen molar-refractivity contribution in [2.75, 3.05) is 20.2 Å². The highest BCUT2D eigenvalue weighted by molar-refractivity contribution is 7.13. The molecule has 7 nitrogen and oxygen atoms in total. The van der Waals surface area contributed by atoms with Crippen molar-refractivity contribution in [2.24, 2.45) is 7.05 Å². The van der Waals surface area contributed by atoms with Gasteiger partial charge >= 0.3 is 5.69 Å². The van der Waals surface area contributed by atoms with E-state index >= 15 is 0 Å². The van der Waals surface area contributed by atoms with Crippen LogP contribution < -0.4 is 10.4 Å². The number of hydrogen-bond donors (Lipinski definition) is 0. The van der Waals surface area contributed by atoms with E-state index in [2.05, 4.69) is 59.1 Å². The number of imidazole rings is 1. The lowest BCUT2D eigenvalue weighted by Crippen LogP contribution is -2.41. The zero-order valence-corrected chi connectivity index (χ0v) is 24.2. The van der Waals surface area contributed by atoms with Gasteiger partial charge in [-0.3, -0.25) is 9.36 Å². The van der Waals surface area contributed by atoms with E-state index in [1.807, 2.05) is 4.90 Å². The first-order chi connectivity index (χ1) is 17.3. The third-order valence-electron chi connectivity index (χ3n) is 7.27. The van der Waals surface area contributed by atoms with Crippen molar-refractivity contribution in [3.8, 4) is 16.3 Å². The molecule has 0 bridgehead atoms. The fourth-order valence-corrected chi connectivity index (χ4v) is 5.88. The molecule has 3 aromatic rings. The van der Waals surface area contributed by atoms with Gasteiger partial charge < -0.3 is 14.2 Å². The zero-order valence-electron chi connectivity index (χ0n) is 23.4. The third-order valence-corrected chi connectivity index (χ3v) is 8.18. The number of nitrogens with zero attached hydrogens (tertiary/aromatic N) is 4. The van der Waals surface area contributed by atoms with Crippen molar-refractivity contribution in [3.05, 3.63) is 57.2 Å². The second-order valence-corrected chi connectivity index (χ2v) is 13.0. The van der Waals surface area contributed by atoms with Crippen molar-refractivity contribution >= 4 is 17.2 Å². The van der Waals surface area contributed by atoms with E-state index in [-0.39, 0.29) is 29.0 Å². The van der Waals surface area contributed by atoms with E-state index in [0.717, 1.165) is 34.9 Å². The van der Waals surface area contributed by atoms with Crippen LogP contribution in [0.4, 0.5) is 0 Å². The minimum Gasteiger partial charge on any atom is -0.496 e. The van der Waals surface area contributed by atoms with Crippen LogP contribution in [0.5, 0.6) is 5.75 Å². The fourth-order valence-electron chi connectivity index (χ4n) is 4.99. The van der Waals surface area contributed by atoms with E-state index < -0.39 is 0 Å². The Balaban J connectivity index is 1.51. The number of amides is 1. The van der Waals surface area contributed by atoms with E-state index in [1.165, 1.54) is 20.3 Å². The average molecular weight is 525 g/mol. The van der Waals surface area contributed by atoms with Gasteiger partial charge in [-0.15, -0.1) is 11.3 Å². The molecular formula is C29H40N4O3S. The monoisotopic (exact) mass is 524 g/mol. The summed E-state index contributed by atoms with van der Waals surface area (Å²) in [5.74, 6) is 1.29. The zero-order chi connectivity index (χ0) is 27.1. The van der Waals surface area contributed by atoms with Gasteiger partial charge in [0.1, 0.15) is 17.3 Å². The van der Waals surface area contributed by atoms with Gasteiger partial charge in [-0.05, 0) is 35.8 Å². The molecule has 0 saturated carbocycles. The van der Waals surface area contributed by atoms with Gasteiger partial charge in [0.25, 0.3) is 0 Å². The quantitative estimate of drug-likeness (QED) is 0.453. The highest BCUT2D eigenvalue weighted by Crippen LogP contribution is 2.43. The van der Waals surface area contributed by atoms with Crippen molar-refractivity contribution in [2.45, 2.75) is 77.7 Å². The Bertz CT molecular complexity index is 1290. The molecule has 0 atom stereocenters. The number of ether oxygens (including phenoxy) is 1. The molecule has 1 aromatic carbocycles. The van der Waals surface area contributed by atoms with Crippen LogP contribution in [0, 0.1) is 0 Å². The maximum absolute atomic E-state index is 12.8. The Kier molecular flexibility index (Phi) is 7.43. The number of methoxy groups -OCH3 is 1. The lowest BCUT2D eigenvalue weighted by molar-refractivity contribution is -0.132. The van der Waals surface area contributed by atoms with Crippen molar-refractivity contribution in [3.63, 3.8) is 0 Å². The van der Waals surface area contributed by atoms with Gasteiger partial charge in [-0.25, -0.2) is 9.78 Å². The number of carbonyl (C=O) groups is 1. The Labute approximate surface area is 224 Å². The van der Waals surface area contributed by atoms with Crippen LogP contribution in [0.1, 0.15) is 77.1 Å². The topological polar surface area (TPSA) is 69.4 Å². The largest absolute Gasteiger partial charge is 0.496 e. The number of hydrogen-bond acceptors (Lipinski definition) is 5. The summed E-state index contributed by atoms with van der Waals surface area (Å²) in [7, 11) is 3.45. The summed E-state index contributed by atoms with van der Waals surface area (Å²) in [6.45, 7) is 14.8. The molecule has 0 unspecified atom stereocenters. The fraction of sp³-hybridized carbons (Fsp3) is 0.552. The Morgan fingerprint density at radius 2 is 1.65 bits per heavy atom. The molecule has 1 aliphatic rings. The van der Waals surface area contributed by atoms with E-state index in [4.69, 9.17) is 9.72 Å². The highest BCUT2D eigenvalue weighted by atomic mass is 32.1. The number of benzene rings is 1. The van der Waals surface area contributed by atoms with Crippen LogP contribution >= 0.6 is 11.3 Å². The summed E-state index contributed by atoms with van der Waals surface area (Å²) in [4.78, 5) is 31.8. The summed E-state index contributed by atoms with van der Waals surface area (Å²) in [6, 6.07) is 4.48. The minimum atomic E-state index is -0.166. The molecule has 1 fully saturated rings. The van der Waals surface area contributed by atoms with Crippen LogP contribution in [0.3, 0.4) is 0 Å². The van der Waals surface area contributed by atoms with Gasteiger partial charge in [-0.2, -0.15) is 0 Å². The predicted octanol–water partition coefficient (Wildman–Crippen LogP) is 5.32. The van der Waals surface area contributed by atoms with Crippen LogP contribution in [0.2, 0.25) is 0 Å². The predicted molar refractivity (Wildman–Crippen MR) is 150 cm³/mol. The second kappa shape index (κ2) is 10.1. The van der Waals surface area contributed by atoms with Crippen LogP contribution in [0.15, 0.2) is 34.7 Å². The van der Waals surface area contributed by atoms with Gasteiger partial charge in [0.2, 0.25) is 5.91 Å². The molecule has 4 rings (SSSR count). The average Bonchev–Trinajstić information content (AvgIpc) is 3.45. The first-order valence-corrected chi connectivity index (χ1v) is 13.9. The smallest absolute Gasteiger partial charge is 0.328 e. The second-order valence-electron chi connectivity index (χ2n) is 12.2. The lowest BCUT2D eigenvalue weighted by Gasteiger charge is -2.31. The number of aromatic nitrogens is 3. The van der Waals surface area contributed by atoms with Gasteiger partial charge in [0, 0.05) is 60.5 Å². The number of aryl methyl sites for hydroxylation is 1. The molecule has 3 heterocycles. The first kappa shape index (κ1) is 27.2. The Hall–Kier alpha value is -2.87. The molecule has 1 saturated heterocycles. The first-order valence-electron chi connectivity index (χ1n) is 13.0. The minimum absolute atomic E-state index is 0.00614. The summed E-state index contributed by atoms with van der Waals surface area (Å²) in [5.41, 5.74) is 4.33.